The zero-order valence-electron chi connectivity index (χ0n) is 8.83. The van der Waals surface area contributed by atoms with Crippen molar-refractivity contribution < 1.29 is 14.7 Å². The molecular formula is C9H18N2O3. The van der Waals surface area contributed by atoms with Crippen molar-refractivity contribution in [2.45, 2.75) is 26.3 Å². The van der Waals surface area contributed by atoms with E-state index in [9.17, 15) is 9.59 Å². The second kappa shape index (κ2) is 6.37. The van der Waals surface area contributed by atoms with Crippen molar-refractivity contribution in [3.05, 3.63) is 0 Å². The Labute approximate surface area is 83.9 Å². The van der Waals surface area contributed by atoms with Crippen molar-refractivity contribution in [3.63, 3.8) is 0 Å². The average molecular weight is 202 g/mol. The number of likely N-dealkylation sites (N-methyl/N-ethyl adjacent to an activating group) is 1. The highest BCUT2D eigenvalue weighted by Crippen LogP contribution is 2.07. The van der Waals surface area contributed by atoms with Gasteiger partial charge in [0.1, 0.15) is 6.04 Å². The summed E-state index contributed by atoms with van der Waals surface area (Å²) in [5.74, 6) is -1.34. The van der Waals surface area contributed by atoms with E-state index in [0.29, 0.717) is 0 Å². The summed E-state index contributed by atoms with van der Waals surface area (Å²) in [5, 5.41) is 14.0. The molecule has 0 saturated heterocycles. The predicted molar refractivity (Wildman–Crippen MR) is 52.9 cm³/mol. The molecule has 5 nitrogen and oxygen atoms in total. The molecule has 0 radical (unpaired) electrons. The zero-order valence-corrected chi connectivity index (χ0v) is 8.83. The largest absolute Gasteiger partial charge is 0.480 e. The Morgan fingerprint density at radius 2 is 2.00 bits per heavy atom. The van der Waals surface area contributed by atoms with Gasteiger partial charge in [-0.05, 0) is 13.0 Å². The maximum absolute atomic E-state index is 11.1. The molecule has 0 bridgehead atoms. The maximum atomic E-state index is 11.1. The van der Waals surface area contributed by atoms with Crippen LogP contribution < -0.4 is 10.6 Å². The van der Waals surface area contributed by atoms with Crippen LogP contribution in [0.25, 0.3) is 0 Å². The van der Waals surface area contributed by atoms with Crippen LogP contribution in [0.2, 0.25) is 0 Å². The van der Waals surface area contributed by atoms with E-state index >= 15 is 0 Å². The first kappa shape index (κ1) is 12.9. The number of carboxylic acids is 1. The summed E-state index contributed by atoms with van der Waals surface area (Å²) in [7, 11) is 1.64. The fraction of sp³-hybridized carbons (Fsp3) is 0.778. The third kappa shape index (κ3) is 4.23. The molecule has 0 aromatic rings. The summed E-state index contributed by atoms with van der Waals surface area (Å²) in [6.07, 6.45) is 0.719. The third-order valence-electron chi connectivity index (χ3n) is 2.13. The fourth-order valence-corrected chi connectivity index (χ4v) is 1.07. The first-order chi connectivity index (χ1) is 6.52. The van der Waals surface area contributed by atoms with E-state index in [1.54, 1.807) is 14.0 Å². The normalized spacial score (nSPS) is 14.5. The lowest BCUT2D eigenvalue weighted by Crippen LogP contribution is -2.47. The van der Waals surface area contributed by atoms with Gasteiger partial charge < -0.3 is 15.7 Å². The van der Waals surface area contributed by atoms with Crippen LogP contribution in [-0.4, -0.2) is 36.6 Å². The molecule has 0 unspecified atom stereocenters. The minimum absolute atomic E-state index is 0.0618. The molecule has 82 valence electrons. The van der Waals surface area contributed by atoms with Gasteiger partial charge in [-0.1, -0.05) is 20.3 Å². The van der Waals surface area contributed by atoms with E-state index in [-0.39, 0.29) is 18.4 Å². The number of amides is 1. The van der Waals surface area contributed by atoms with Gasteiger partial charge >= 0.3 is 5.97 Å². The van der Waals surface area contributed by atoms with E-state index in [0.717, 1.165) is 6.42 Å². The maximum Gasteiger partial charge on any atom is 0.326 e. The smallest absolute Gasteiger partial charge is 0.326 e. The van der Waals surface area contributed by atoms with Crippen LogP contribution in [0.1, 0.15) is 20.3 Å². The van der Waals surface area contributed by atoms with E-state index in [1.807, 2.05) is 6.92 Å². The van der Waals surface area contributed by atoms with Crippen LogP contribution in [0, 0.1) is 5.92 Å². The van der Waals surface area contributed by atoms with E-state index in [4.69, 9.17) is 5.11 Å². The number of carboxylic acid groups (broad SMARTS) is 1. The quantitative estimate of drug-likeness (QED) is 0.558. The van der Waals surface area contributed by atoms with Gasteiger partial charge in [-0.2, -0.15) is 0 Å². The zero-order chi connectivity index (χ0) is 11.1. The molecule has 0 aromatic heterocycles. The predicted octanol–water partition coefficient (Wildman–Crippen LogP) is -0.179. The third-order valence-corrected chi connectivity index (χ3v) is 2.13. The molecule has 2 atom stereocenters. The van der Waals surface area contributed by atoms with E-state index in [1.165, 1.54) is 0 Å². The second-order valence-corrected chi connectivity index (χ2v) is 3.30. The Bertz CT molecular complexity index is 206. The lowest BCUT2D eigenvalue weighted by molar-refractivity contribution is -0.143. The van der Waals surface area contributed by atoms with Crippen molar-refractivity contribution >= 4 is 11.9 Å². The van der Waals surface area contributed by atoms with Gasteiger partial charge in [0.15, 0.2) is 0 Å². The van der Waals surface area contributed by atoms with Crippen molar-refractivity contribution in [2.75, 3.05) is 13.6 Å². The number of hydrogen-bond acceptors (Lipinski definition) is 3. The fourth-order valence-electron chi connectivity index (χ4n) is 1.07. The molecule has 3 N–H and O–H groups in total. The van der Waals surface area contributed by atoms with Gasteiger partial charge in [0.2, 0.25) is 5.91 Å². The molecule has 14 heavy (non-hydrogen) atoms. The summed E-state index contributed by atoms with van der Waals surface area (Å²) in [5.41, 5.74) is 0. The SMILES string of the molecule is CC[C@H](C)[C@H](NC(=O)CNC)C(=O)O. The molecule has 0 aliphatic carbocycles. The Balaban J connectivity index is 4.23. The molecule has 0 aliphatic rings. The first-order valence-corrected chi connectivity index (χ1v) is 4.69. The van der Waals surface area contributed by atoms with Crippen LogP contribution in [0.3, 0.4) is 0 Å². The van der Waals surface area contributed by atoms with Crippen molar-refractivity contribution in [3.8, 4) is 0 Å². The molecule has 0 fully saturated rings. The number of nitrogens with one attached hydrogen (secondary N) is 2. The molecular weight excluding hydrogens is 184 g/mol. The summed E-state index contributed by atoms with van der Waals surface area (Å²) in [4.78, 5) is 21.9. The first-order valence-electron chi connectivity index (χ1n) is 4.69. The summed E-state index contributed by atoms with van der Waals surface area (Å²) in [6.45, 7) is 3.84. The van der Waals surface area contributed by atoms with Crippen LogP contribution >= 0.6 is 0 Å². The number of hydrogen-bond donors (Lipinski definition) is 3. The van der Waals surface area contributed by atoms with Crippen molar-refractivity contribution in [1.82, 2.24) is 10.6 Å². The van der Waals surface area contributed by atoms with E-state index < -0.39 is 12.0 Å². The van der Waals surface area contributed by atoms with Crippen LogP contribution in [0.4, 0.5) is 0 Å². The molecule has 0 aliphatic heterocycles. The number of carbonyl (C=O) groups excluding carboxylic acids is 1. The highest BCUT2D eigenvalue weighted by atomic mass is 16.4. The Morgan fingerprint density at radius 1 is 1.43 bits per heavy atom. The van der Waals surface area contributed by atoms with Crippen molar-refractivity contribution in [1.29, 1.82) is 0 Å². The second-order valence-electron chi connectivity index (χ2n) is 3.30. The van der Waals surface area contributed by atoms with Gasteiger partial charge in [0.25, 0.3) is 0 Å². The Hall–Kier alpha value is -1.10. The van der Waals surface area contributed by atoms with Gasteiger partial charge in [-0.25, -0.2) is 4.79 Å². The number of aliphatic carboxylic acids is 1. The lowest BCUT2D eigenvalue weighted by atomic mass is 9.99. The molecule has 0 heterocycles. The molecule has 1 amide bonds. The monoisotopic (exact) mass is 202 g/mol. The highest BCUT2D eigenvalue weighted by molar-refractivity contribution is 5.84. The van der Waals surface area contributed by atoms with Crippen LogP contribution in [0.5, 0.6) is 0 Å². The van der Waals surface area contributed by atoms with Gasteiger partial charge in [0.05, 0.1) is 6.54 Å². The lowest BCUT2D eigenvalue weighted by Gasteiger charge is -2.19. The van der Waals surface area contributed by atoms with Gasteiger partial charge in [-0.3, -0.25) is 4.79 Å². The van der Waals surface area contributed by atoms with Crippen molar-refractivity contribution in [2.24, 2.45) is 5.92 Å². The van der Waals surface area contributed by atoms with Gasteiger partial charge in [0, 0.05) is 0 Å². The summed E-state index contributed by atoms with van der Waals surface area (Å²) >= 11 is 0. The number of carbonyl (C=O) groups is 2. The van der Waals surface area contributed by atoms with E-state index in [2.05, 4.69) is 10.6 Å². The minimum atomic E-state index is -0.983. The minimum Gasteiger partial charge on any atom is -0.480 e. The summed E-state index contributed by atoms with van der Waals surface area (Å²) < 4.78 is 0. The molecule has 5 heteroatoms. The molecule has 0 saturated carbocycles. The van der Waals surface area contributed by atoms with Gasteiger partial charge in [-0.15, -0.1) is 0 Å². The molecule has 0 spiro atoms. The Morgan fingerprint density at radius 3 is 2.36 bits per heavy atom. The molecule has 0 aromatic carbocycles. The standard InChI is InChI=1S/C9H18N2O3/c1-4-6(2)8(9(13)14)11-7(12)5-10-3/h6,8,10H,4-5H2,1-3H3,(H,11,12)(H,13,14)/t6-,8-/m0/s1. The number of rotatable bonds is 6. The summed E-state index contributed by atoms with van der Waals surface area (Å²) in [6, 6.07) is -0.791. The highest BCUT2D eigenvalue weighted by Gasteiger charge is 2.24. The van der Waals surface area contributed by atoms with Crippen LogP contribution in [-0.2, 0) is 9.59 Å². The topological polar surface area (TPSA) is 78.4 Å². The average Bonchev–Trinajstić information content (AvgIpc) is 2.13. The molecule has 0 rings (SSSR count). The Kier molecular flexibility index (Phi) is 5.87. The van der Waals surface area contributed by atoms with Crippen LogP contribution in [0.15, 0.2) is 0 Å².